The van der Waals surface area contributed by atoms with Crippen LogP contribution in [-0.4, -0.2) is 5.11 Å². The first-order chi connectivity index (χ1) is 8.13. The maximum atomic E-state index is 10.2. The summed E-state index contributed by atoms with van der Waals surface area (Å²) in [7, 11) is 0. The van der Waals surface area contributed by atoms with Gasteiger partial charge in [-0.25, -0.2) is 0 Å². The number of hydrogen-bond acceptors (Lipinski definition) is 1. The van der Waals surface area contributed by atoms with Gasteiger partial charge in [-0.2, -0.15) is 0 Å². The zero-order valence-corrected chi connectivity index (χ0v) is 10.4. The van der Waals surface area contributed by atoms with Crippen LogP contribution in [-0.2, 0) is 5.60 Å². The van der Waals surface area contributed by atoms with Crippen LogP contribution in [0.25, 0.3) is 11.1 Å². The molecule has 0 bridgehead atoms. The van der Waals surface area contributed by atoms with Crippen LogP contribution < -0.4 is 0 Å². The summed E-state index contributed by atoms with van der Waals surface area (Å²) in [5.74, 6) is 0. The topological polar surface area (TPSA) is 20.2 Å². The SMILES string of the molecule is CCC(C)(O)c1ccc(-c2ccccc2)cc1. The summed E-state index contributed by atoms with van der Waals surface area (Å²) in [5.41, 5.74) is 2.63. The molecule has 0 aliphatic carbocycles. The zero-order chi connectivity index (χ0) is 12.3. The van der Waals surface area contributed by atoms with E-state index in [4.69, 9.17) is 0 Å². The van der Waals surface area contributed by atoms with Crippen molar-refractivity contribution in [2.24, 2.45) is 0 Å². The predicted molar refractivity (Wildman–Crippen MR) is 71.7 cm³/mol. The van der Waals surface area contributed by atoms with Crippen molar-refractivity contribution in [3.8, 4) is 11.1 Å². The highest BCUT2D eigenvalue weighted by Gasteiger charge is 2.19. The lowest BCUT2D eigenvalue weighted by Crippen LogP contribution is -2.19. The van der Waals surface area contributed by atoms with Gasteiger partial charge in [-0.1, -0.05) is 61.5 Å². The molecule has 1 heteroatoms. The van der Waals surface area contributed by atoms with Crippen LogP contribution >= 0.6 is 0 Å². The Balaban J connectivity index is 2.31. The quantitative estimate of drug-likeness (QED) is 0.839. The molecule has 0 radical (unpaired) electrons. The summed E-state index contributed by atoms with van der Waals surface area (Å²) in [5, 5.41) is 10.2. The molecule has 0 heterocycles. The Kier molecular flexibility index (Phi) is 3.30. The molecule has 17 heavy (non-hydrogen) atoms. The monoisotopic (exact) mass is 226 g/mol. The van der Waals surface area contributed by atoms with E-state index in [9.17, 15) is 5.11 Å². The third-order valence-corrected chi connectivity index (χ3v) is 3.30. The molecule has 0 aromatic heterocycles. The fourth-order valence-electron chi connectivity index (χ4n) is 1.86. The van der Waals surface area contributed by atoms with Gasteiger partial charge in [0, 0.05) is 0 Å². The summed E-state index contributed by atoms with van der Waals surface area (Å²) >= 11 is 0. The maximum absolute atomic E-state index is 10.2. The van der Waals surface area contributed by atoms with E-state index in [1.54, 1.807) is 0 Å². The summed E-state index contributed by atoms with van der Waals surface area (Å²) in [6.07, 6.45) is 0.720. The van der Waals surface area contributed by atoms with Crippen LogP contribution in [0.15, 0.2) is 54.6 Å². The molecule has 1 N–H and O–H groups in total. The van der Waals surface area contributed by atoms with Crippen LogP contribution in [0.3, 0.4) is 0 Å². The molecule has 0 saturated carbocycles. The van der Waals surface area contributed by atoms with E-state index in [0.29, 0.717) is 0 Å². The zero-order valence-electron chi connectivity index (χ0n) is 10.4. The Bertz CT molecular complexity index is 469. The molecular weight excluding hydrogens is 208 g/mol. The van der Waals surface area contributed by atoms with Gasteiger partial charge in [0.2, 0.25) is 0 Å². The van der Waals surface area contributed by atoms with Crippen LogP contribution in [0.1, 0.15) is 25.8 Å². The standard InChI is InChI=1S/C16H18O/c1-3-16(2,17)15-11-9-14(10-12-15)13-7-5-4-6-8-13/h4-12,17H,3H2,1-2H3. The van der Waals surface area contributed by atoms with Crippen LogP contribution in [0, 0.1) is 0 Å². The molecule has 0 saturated heterocycles. The van der Waals surface area contributed by atoms with Crippen molar-refractivity contribution in [2.45, 2.75) is 25.9 Å². The Labute approximate surface area is 103 Å². The molecule has 1 unspecified atom stereocenters. The van der Waals surface area contributed by atoms with Crippen molar-refractivity contribution in [2.75, 3.05) is 0 Å². The Hall–Kier alpha value is -1.60. The fraction of sp³-hybridized carbons (Fsp3) is 0.250. The molecule has 0 aliphatic heterocycles. The molecule has 2 aromatic rings. The van der Waals surface area contributed by atoms with Gasteiger partial charge in [0.15, 0.2) is 0 Å². The van der Waals surface area contributed by atoms with Gasteiger partial charge in [-0.15, -0.1) is 0 Å². The van der Waals surface area contributed by atoms with Crippen LogP contribution in [0.4, 0.5) is 0 Å². The second-order valence-electron chi connectivity index (χ2n) is 4.57. The van der Waals surface area contributed by atoms with E-state index in [1.807, 2.05) is 44.2 Å². The van der Waals surface area contributed by atoms with E-state index in [1.165, 1.54) is 11.1 Å². The first-order valence-electron chi connectivity index (χ1n) is 6.02. The fourth-order valence-corrected chi connectivity index (χ4v) is 1.86. The third-order valence-electron chi connectivity index (χ3n) is 3.30. The molecule has 1 atom stereocenters. The number of aliphatic hydroxyl groups is 1. The van der Waals surface area contributed by atoms with Gasteiger partial charge in [0.25, 0.3) is 0 Å². The van der Waals surface area contributed by atoms with Crippen molar-refractivity contribution < 1.29 is 5.11 Å². The minimum Gasteiger partial charge on any atom is -0.385 e. The van der Waals surface area contributed by atoms with Crippen molar-refractivity contribution in [3.63, 3.8) is 0 Å². The van der Waals surface area contributed by atoms with E-state index in [0.717, 1.165) is 12.0 Å². The Morgan fingerprint density at radius 3 is 1.94 bits per heavy atom. The number of benzene rings is 2. The number of hydrogen-bond donors (Lipinski definition) is 1. The minimum absolute atomic E-state index is 0.720. The van der Waals surface area contributed by atoms with Gasteiger partial charge in [0.05, 0.1) is 5.60 Å². The lowest BCUT2D eigenvalue weighted by atomic mass is 9.92. The highest BCUT2D eigenvalue weighted by atomic mass is 16.3. The predicted octanol–water partition coefficient (Wildman–Crippen LogP) is 3.97. The van der Waals surface area contributed by atoms with Crippen LogP contribution in [0.2, 0.25) is 0 Å². The summed E-state index contributed by atoms with van der Waals surface area (Å²) < 4.78 is 0. The van der Waals surface area contributed by atoms with Crippen molar-refractivity contribution >= 4 is 0 Å². The van der Waals surface area contributed by atoms with Crippen molar-refractivity contribution in [1.82, 2.24) is 0 Å². The first kappa shape index (κ1) is 11.9. The molecular formula is C16H18O. The van der Waals surface area contributed by atoms with Gasteiger partial charge in [-0.3, -0.25) is 0 Å². The van der Waals surface area contributed by atoms with Gasteiger partial charge >= 0.3 is 0 Å². The summed E-state index contributed by atoms with van der Waals surface area (Å²) in [6, 6.07) is 18.4. The lowest BCUT2D eigenvalue weighted by Gasteiger charge is -2.22. The molecule has 88 valence electrons. The number of rotatable bonds is 3. The maximum Gasteiger partial charge on any atom is 0.0865 e. The van der Waals surface area contributed by atoms with Crippen LogP contribution in [0.5, 0.6) is 0 Å². The van der Waals surface area contributed by atoms with Gasteiger partial charge in [-0.05, 0) is 30.0 Å². The van der Waals surface area contributed by atoms with Gasteiger partial charge < -0.3 is 5.11 Å². The molecule has 0 aliphatic rings. The molecule has 2 aromatic carbocycles. The highest BCUT2D eigenvalue weighted by molar-refractivity contribution is 5.63. The Morgan fingerprint density at radius 2 is 1.41 bits per heavy atom. The van der Waals surface area contributed by atoms with Crippen molar-refractivity contribution in [1.29, 1.82) is 0 Å². The second kappa shape index (κ2) is 4.72. The molecule has 0 spiro atoms. The summed E-state index contributed by atoms with van der Waals surface area (Å²) in [6.45, 7) is 3.84. The molecule has 1 nitrogen and oxygen atoms in total. The van der Waals surface area contributed by atoms with E-state index >= 15 is 0 Å². The highest BCUT2D eigenvalue weighted by Crippen LogP contribution is 2.27. The average Bonchev–Trinajstić information content (AvgIpc) is 2.40. The first-order valence-corrected chi connectivity index (χ1v) is 6.02. The third kappa shape index (κ3) is 2.56. The lowest BCUT2D eigenvalue weighted by molar-refractivity contribution is 0.0531. The molecule has 0 amide bonds. The Morgan fingerprint density at radius 1 is 0.882 bits per heavy atom. The minimum atomic E-state index is -0.727. The van der Waals surface area contributed by atoms with Gasteiger partial charge in [0.1, 0.15) is 0 Å². The average molecular weight is 226 g/mol. The van der Waals surface area contributed by atoms with Crippen molar-refractivity contribution in [3.05, 3.63) is 60.2 Å². The second-order valence-corrected chi connectivity index (χ2v) is 4.57. The van der Waals surface area contributed by atoms with E-state index in [2.05, 4.69) is 24.3 Å². The largest absolute Gasteiger partial charge is 0.385 e. The normalized spacial score (nSPS) is 14.3. The summed E-state index contributed by atoms with van der Waals surface area (Å²) in [4.78, 5) is 0. The van der Waals surface area contributed by atoms with E-state index < -0.39 is 5.60 Å². The van der Waals surface area contributed by atoms with E-state index in [-0.39, 0.29) is 0 Å². The molecule has 2 rings (SSSR count). The molecule has 0 fully saturated rings. The smallest absolute Gasteiger partial charge is 0.0865 e.